The molecule has 2 heterocycles. The van der Waals surface area contributed by atoms with Crippen LogP contribution in [0.3, 0.4) is 0 Å². The Morgan fingerprint density at radius 1 is 1.23 bits per heavy atom. The van der Waals surface area contributed by atoms with Gasteiger partial charge in [0.05, 0.1) is 13.2 Å². The van der Waals surface area contributed by atoms with E-state index in [0.717, 1.165) is 71.4 Å². The zero-order chi connectivity index (χ0) is 21.2. The summed E-state index contributed by atoms with van der Waals surface area (Å²) in [7, 11) is 1.80. The Kier molecular flexibility index (Phi) is 11.6. The molecule has 2 N–H and O–H groups in total. The predicted molar refractivity (Wildman–Crippen MR) is 136 cm³/mol. The van der Waals surface area contributed by atoms with Gasteiger partial charge in [0.1, 0.15) is 0 Å². The van der Waals surface area contributed by atoms with Gasteiger partial charge in [0.25, 0.3) is 0 Å². The second-order valence-corrected chi connectivity index (χ2v) is 8.50. The average molecular weight is 543 g/mol. The van der Waals surface area contributed by atoms with Gasteiger partial charge in [-0.25, -0.2) is 0 Å². The van der Waals surface area contributed by atoms with Crippen LogP contribution in [0.25, 0.3) is 0 Å². The molecule has 8 heteroatoms. The lowest BCUT2D eigenvalue weighted by molar-refractivity contribution is -0.127. The number of halogens is 1. The first-order chi connectivity index (χ1) is 14.6. The van der Waals surface area contributed by atoms with Crippen molar-refractivity contribution >= 4 is 35.8 Å². The molecule has 1 aromatic rings. The highest BCUT2D eigenvalue weighted by molar-refractivity contribution is 14.0. The summed E-state index contributed by atoms with van der Waals surface area (Å²) < 4.78 is 5.42. The van der Waals surface area contributed by atoms with E-state index in [9.17, 15) is 4.79 Å². The number of morpholine rings is 1. The van der Waals surface area contributed by atoms with Crippen LogP contribution in [0.15, 0.2) is 35.3 Å². The molecule has 0 saturated carbocycles. The summed E-state index contributed by atoms with van der Waals surface area (Å²) in [5, 5.41) is 6.85. The van der Waals surface area contributed by atoms with Crippen molar-refractivity contribution in [2.24, 2.45) is 16.8 Å². The largest absolute Gasteiger partial charge is 0.379 e. The van der Waals surface area contributed by atoms with Crippen molar-refractivity contribution in [1.29, 1.82) is 0 Å². The van der Waals surface area contributed by atoms with E-state index >= 15 is 0 Å². The van der Waals surface area contributed by atoms with E-state index in [2.05, 4.69) is 39.6 Å². The minimum absolute atomic E-state index is 0. The zero-order valence-corrected chi connectivity index (χ0v) is 21.2. The first-order valence-electron chi connectivity index (χ1n) is 11.2. The summed E-state index contributed by atoms with van der Waals surface area (Å²) in [6.07, 6.45) is 1.53. The summed E-state index contributed by atoms with van der Waals surface area (Å²) in [6.45, 7) is 10.3. The number of hydrogen-bond donors (Lipinski definition) is 2. The quantitative estimate of drug-likeness (QED) is 0.283. The Hall–Kier alpha value is -1.39. The lowest BCUT2D eigenvalue weighted by atomic mass is 10.1. The number of carbonyl (C=O) groups excluding carboxylic acids is 1. The van der Waals surface area contributed by atoms with Crippen molar-refractivity contribution in [1.82, 2.24) is 20.4 Å². The SMILES string of the molecule is CN=C(NCC(C)CN1CCOCC1)NCC1CC(=O)N(CCc2ccccc2)C1.I. The van der Waals surface area contributed by atoms with Gasteiger partial charge in [-0.3, -0.25) is 14.7 Å². The highest BCUT2D eigenvalue weighted by atomic mass is 127. The Labute approximate surface area is 204 Å². The van der Waals surface area contributed by atoms with Crippen LogP contribution in [-0.4, -0.2) is 87.7 Å². The lowest BCUT2D eigenvalue weighted by Crippen LogP contribution is -2.45. The second-order valence-electron chi connectivity index (χ2n) is 8.50. The summed E-state index contributed by atoms with van der Waals surface area (Å²) in [5.41, 5.74) is 1.28. The van der Waals surface area contributed by atoms with Crippen LogP contribution >= 0.6 is 24.0 Å². The Morgan fingerprint density at radius 3 is 2.68 bits per heavy atom. The first kappa shape index (κ1) is 25.9. The van der Waals surface area contributed by atoms with Gasteiger partial charge < -0.3 is 20.3 Å². The van der Waals surface area contributed by atoms with Gasteiger partial charge in [0, 0.05) is 65.2 Å². The van der Waals surface area contributed by atoms with Crippen LogP contribution in [0.4, 0.5) is 0 Å². The minimum Gasteiger partial charge on any atom is -0.379 e. The minimum atomic E-state index is 0. The highest BCUT2D eigenvalue weighted by Gasteiger charge is 2.29. The number of rotatable bonds is 9. The number of amides is 1. The number of carbonyl (C=O) groups is 1. The van der Waals surface area contributed by atoms with Crippen molar-refractivity contribution in [3.63, 3.8) is 0 Å². The van der Waals surface area contributed by atoms with E-state index < -0.39 is 0 Å². The third-order valence-electron chi connectivity index (χ3n) is 5.88. The van der Waals surface area contributed by atoms with Crippen molar-refractivity contribution < 1.29 is 9.53 Å². The highest BCUT2D eigenvalue weighted by Crippen LogP contribution is 2.17. The molecule has 0 bridgehead atoms. The smallest absolute Gasteiger partial charge is 0.223 e. The van der Waals surface area contributed by atoms with Gasteiger partial charge in [0.15, 0.2) is 5.96 Å². The van der Waals surface area contributed by atoms with E-state index in [-0.39, 0.29) is 29.9 Å². The fraction of sp³-hybridized carbons (Fsp3) is 0.652. The van der Waals surface area contributed by atoms with Gasteiger partial charge in [-0.1, -0.05) is 37.3 Å². The molecule has 2 aliphatic rings. The molecule has 2 fully saturated rings. The van der Waals surface area contributed by atoms with Crippen molar-refractivity contribution in [3.8, 4) is 0 Å². The molecule has 3 rings (SSSR count). The average Bonchev–Trinajstić information content (AvgIpc) is 3.13. The molecule has 174 valence electrons. The monoisotopic (exact) mass is 543 g/mol. The fourth-order valence-corrected chi connectivity index (χ4v) is 4.14. The number of hydrogen-bond acceptors (Lipinski definition) is 4. The molecule has 7 nitrogen and oxygen atoms in total. The molecule has 1 amide bonds. The third-order valence-corrected chi connectivity index (χ3v) is 5.88. The molecule has 2 aliphatic heterocycles. The van der Waals surface area contributed by atoms with Gasteiger partial charge in [-0.05, 0) is 17.9 Å². The van der Waals surface area contributed by atoms with E-state index in [1.165, 1.54) is 5.56 Å². The van der Waals surface area contributed by atoms with E-state index in [1.807, 2.05) is 23.1 Å². The van der Waals surface area contributed by atoms with Gasteiger partial charge in [0.2, 0.25) is 5.91 Å². The van der Waals surface area contributed by atoms with E-state index in [4.69, 9.17) is 4.74 Å². The maximum absolute atomic E-state index is 12.4. The summed E-state index contributed by atoms with van der Waals surface area (Å²) in [4.78, 5) is 21.2. The van der Waals surface area contributed by atoms with Crippen LogP contribution in [0, 0.1) is 11.8 Å². The summed E-state index contributed by atoms with van der Waals surface area (Å²) in [6, 6.07) is 10.4. The number of guanidine groups is 1. The van der Waals surface area contributed by atoms with E-state index in [1.54, 1.807) is 7.05 Å². The lowest BCUT2D eigenvalue weighted by Gasteiger charge is -2.29. The normalized spacial score (nSPS) is 21.0. The maximum Gasteiger partial charge on any atom is 0.223 e. The van der Waals surface area contributed by atoms with E-state index in [0.29, 0.717) is 18.3 Å². The van der Waals surface area contributed by atoms with Crippen LogP contribution in [0.5, 0.6) is 0 Å². The Balaban J connectivity index is 0.00000341. The molecule has 2 saturated heterocycles. The van der Waals surface area contributed by atoms with Gasteiger partial charge in [-0.2, -0.15) is 0 Å². The van der Waals surface area contributed by atoms with Gasteiger partial charge >= 0.3 is 0 Å². The molecule has 0 radical (unpaired) electrons. The van der Waals surface area contributed by atoms with Crippen molar-refractivity contribution in [2.45, 2.75) is 19.8 Å². The number of ether oxygens (including phenoxy) is 1. The number of nitrogens with zero attached hydrogens (tertiary/aromatic N) is 3. The molecular weight excluding hydrogens is 505 g/mol. The van der Waals surface area contributed by atoms with Crippen LogP contribution in [-0.2, 0) is 16.0 Å². The number of aliphatic imine (C=N–C) groups is 1. The number of likely N-dealkylation sites (tertiary alicyclic amines) is 1. The standard InChI is InChI=1S/C23H37N5O2.HI/c1-19(17-27-10-12-30-13-11-27)15-25-23(24-2)26-16-21-14-22(29)28(18-21)9-8-20-6-4-3-5-7-20;/h3-7,19,21H,8-18H2,1-2H3,(H2,24,25,26);1H. The fourth-order valence-electron chi connectivity index (χ4n) is 4.14. The van der Waals surface area contributed by atoms with Crippen molar-refractivity contribution in [3.05, 3.63) is 35.9 Å². The van der Waals surface area contributed by atoms with Crippen LogP contribution in [0.1, 0.15) is 18.9 Å². The summed E-state index contributed by atoms with van der Waals surface area (Å²) in [5.74, 6) is 1.94. The third kappa shape index (κ3) is 8.94. The molecule has 0 spiro atoms. The summed E-state index contributed by atoms with van der Waals surface area (Å²) >= 11 is 0. The predicted octanol–water partition coefficient (Wildman–Crippen LogP) is 1.83. The molecule has 1 aromatic carbocycles. The van der Waals surface area contributed by atoms with Crippen LogP contribution in [0.2, 0.25) is 0 Å². The zero-order valence-electron chi connectivity index (χ0n) is 18.9. The Morgan fingerprint density at radius 2 is 1.97 bits per heavy atom. The molecular formula is C23H38IN5O2. The number of benzene rings is 1. The number of nitrogens with one attached hydrogen (secondary N) is 2. The molecule has 2 atom stereocenters. The van der Waals surface area contributed by atoms with Gasteiger partial charge in [-0.15, -0.1) is 24.0 Å². The Bertz CT molecular complexity index is 682. The molecule has 31 heavy (non-hydrogen) atoms. The first-order valence-corrected chi connectivity index (χ1v) is 11.2. The molecule has 2 unspecified atom stereocenters. The molecule has 0 aliphatic carbocycles. The topological polar surface area (TPSA) is 69.2 Å². The molecule has 0 aromatic heterocycles. The second kappa shape index (κ2) is 13.9. The van der Waals surface area contributed by atoms with Crippen LogP contribution < -0.4 is 10.6 Å². The van der Waals surface area contributed by atoms with Crippen molar-refractivity contribution in [2.75, 3.05) is 66.1 Å². The maximum atomic E-state index is 12.4.